The van der Waals surface area contributed by atoms with E-state index in [1.54, 1.807) is 30.7 Å². The monoisotopic (exact) mass is 1670 g/mol. The molecule has 3 aliphatic rings. The Morgan fingerprint density at radius 1 is 0.504 bits per heavy atom. The van der Waals surface area contributed by atoms with Gasteiger partial charge in [-0.1, -0.05) is 92.9 Å². The van der Waals surface area contributed by atoms with Gasteiger partial charge < -0.3 is 58.6 Å². The molecule has 0 spiro atoms. The SMILES string of the molecule is C.C.C.C.CP(C)C.NC[C@@H](NC(=O)c1ccc(-c2nc(C3CCOCC3)cnc2N)cc1F)c1cc(F)cc(Cl)c1.Nc1ncc(C2CCOCC2)nc1-c1ccc(C(=O)O)c(F)c1.[N-]=[N+]=NC[C@@H](N)c1cc(F)cc(Cl)c1.[N-]=[N+]=NC[C@@H](NC(=O)c1ccc(-c2nc(C3CCOCC3)cnc2N)cc1F)c1cc(F)cc(Cl)c1. The molecule has 26 nitrogen and oxygen atoms in total. The minimum absolute atomic E-state index is 0. The minimum atomic E-state index is -1.32. The van der Waals surface area contributed by atoms with Crippen LogP contribution in [0.4, 0.5) is 43.8 Å². The van der Waals surface area contributed by atoms with Crippen molar-refractivity contribution in [3.63, 3.8) is 0 Å². The molecule has 3 aromatic heterocycles. The van der Waals surface area contributed by atoms with Crippen molar-refractivity contribution in [1.29, 1.82) is 0 Å². The molecule has 3 atom stereocenters. The molecule has 2 amide bonds. The van der Waals surface area contributed by atoms with Crippen LogP contribution in [0.5, 0.6) is 0 Å². The number of carboxylic acid groups (broad SMARTS) is 1. The smallest absolute Gasteiger partial charge is 0.338 e. The van der Waals surface area contributed by atoms with Gasteiger partial charge in [-0.15, -0.1) is 7.92 Å². The number of hydrogen-bond donors (Lipinski definition) is 8. The zero-order chi connectivity index (χ0) is 80.4. The summed E-state index contributed by atoms with van der Waals surface area (Å²) in [4.78, 5) is 68.1. The van der Waals surface area contributed by atoms with E-state index in [1.807, 2.05) is 0 Å². The number of nitrogens with two attached hydrogens (primary N) is 5. The lowest BCUT2D eigenvalue weighted by Gasteiger charge is -2.22. The normalized spacial score (nSPS) is 13.9. The predicted molar refractivity (Wildman–Crippen MR) is 441 cm³/mol. The fourth-order valence-corrected chi connectivity index (χ4v) is 12.3. The Balaban J connectivity index is 0.000000328. The number of azide groups is 2. The fraction of sp³-hybridized carbons (Fsp3) is 0.354. The Bertz CT molecular complexity index is 4790. The third-order valence-corrected chi connectivity index (χ3v) is 17.9. The van der Waals surface area contributed by atoms with Gasteiger partial charge in [0.1, 0.15) is 69.4 Å². The average molecular weight is 1670 g/mol. The first-order valence-corrected chi connectivity index (χ1v) is 38.3. The number of nitrogens with zero attached hydrogens (tertiary/aromatic N) is 12. The Morgan fingerprint density at radius 2 is 0.809 bits per heavy atom. The molecule has 0 radical (unpaired) electrons. The molecule has 6 heterocycles. The van der Waals surface area contributed by atoms with Crippen molar-refractivity contribution in [2.75, 3.05) is 96.5 Å². The summed E-state index contributed by atoms with van der Waals surface area (Å²) in [5.41, 5.74) is 50.9. The zero-order valence-electron chi connectivity index (χ0n) is 60.2. The van der Waals surface area contributed by atoms with Crippen LogP contribution < -0.4 is 39.3 Å². The molecule has 0 saturated carbocycles. The number of hydrogen-bond acceptors (Lipinski definition) is 19. The molecule has 36 heteroatoms. The Kier molecular flexibility index (Phi) is 40.1. The van der Waals surface area contributed by atoms with Crippen molar-refractivity contribution < 1.29 is 60.0 Å². The molecule has 616 valence electrons. The summed E-state index contributed by atoms with van der Waals surface area (Å²) >= 11 is 17.4. The molecular weight excluding hydrogens is 1580 g/mol. The van der Waals surface area contributed by atoms with E-state index in [0.717, 1.165) is 85.9 Å². The lowest BCUT2D eigenvalue weighted by molar-refractivity contribution is 0.0691. The molecular formula is C79H95Cl3F6N19O7P. The molecule has 0 unspecified atom stereocenters. The second-order valence-corrected chi connectivity index (χ2v) is 29.8. The van der Waals surface area contributed by atoms with Crippen molar-refractivity contribution in [3.05, 3.63) is 249 Å². The molecule has 0 bridgehead atoms. The molecule has 12 rings (SSSR count). The largest absolute Gasteiger partial charge is 0.478 e. The summed E-state index contributed by atoms with van der Waals surface area (Å²) in [6.45, 7) is 10.4. The van der Waals surface area contributed by atoms with E-state index < -0.39 is 70.8 Å². The molecule has 115 heavy (non-hydrogen) atoms. The average Bonchev–Trinajstić information content (AvgIpc) is 0.811. The standard InChI is InChI=1S/C24H22ClF2N7O2.C24H24ClF2N5O2.C16H16FN3O3.C8H8ClFN4.C3H9P.4CH4/c25-16-7-15(8-17(26)10-16)21(12-31-34-29)33-24(35)18-2-1-14(9-19(18)27)22-23(28)30-11-20(32-22)13-3-5-36-6-4-13;25-16-7-15(8-17(26)10-16)20(11-28)32-24(33)18-2-1-14(9-19(18)27)22-23(29)30-12-21(31-22)13-3-5-34-6-4-13;17-12-7-10(1-2-11(12)16(21)22)14-15(18)19-8-13(20-14)9-3-5-23-6-4-9;9-6-1-5(2-7(10)3-6)8(11)4-13-14-12;1-4(2)3;;;;/h1-2,7-11,13,21H,3-6,12H2,(H2,28,30)(H,33,35);1-2,7-10,12-13,20H,3-6,11,28H2,(H2,29,30)(H,32,33);1-2,7-9H,3-6H2,(H2,18,19)(H,21,22);1-3,8H,4,11H2;1-3H3;4*1H4/t21-;20-;;8-;;;;;/m11.1...../s1. The van der Waals surface area contributed by atoms with Crippen molar-refractivity contribution in [1.82, 2.24) is 40.5 Å². The number of rotatable bonds is 19. The third-order valence-electron chi connectivity index (χ3n) is 17.2. The number of carboxylic acids is 1. The van der Waals surface area contributed by atoms with Crippen molar-refractivity contribution in [2.45, 2.75) is 104 Å². The van der Waals surface area contributed by atoms with Gasteiger partial charge in [-0.3, -0.25) is 9.59 Å². The highest BCUT2D eigenvalue weighted by molar-refractivity contribution is 7.55. The number of carbonyl (C=O) groups is 3. The molecule has 13 N–H and O–H groups in total. The highest BCUT2D eigenvalue weighted by Crippen LogP contribution is 2.35. The number of anilines is 3. The van der Waals surface area contributed by atoms with Gasteiger partial charge in [0.15, 0.2) is 0 Å². The minimum Gasteiger partial charge on any atom is -0.478 e. The topological polar surface area (TPSA) is 428 Å². The fourth-order valence-electron chi connectivity index (χ4n) is 11.6. The van der Waals surface area contributed by atoms with Crippen molar-refractivity contribution in [2.24, 2.45) is 21.7 Å². The second-order valence-electron chi connectivity index (χ2n) is 25.8. The van der Waals surface area contributed by atoms with E-state index in [2.05, 4.69) is 80.6 Å². The van der Waals surface area contributed by atoms with Gasteiger partial charge in [0, 0.05) is 118 Å². The number of aromatic nitrogens is 6. The Morgan fingerprint density at radius 3 is 1.12 bits per heavy atom. The summed E-state index contributed by atoms with van der Waals surface area (Å²) in [5.74, 6) is -5.76. The summed E-state index contributed by atoms with van der Waals surface area (Å²) in [6.07, 6.45) is 9.85. The maximum Gasteiger partial charge on any atom is 0.338 e. The van der Waals surface area contributed by atoms with Gasteiger partial charge in [0.2, 0.25) is 0 Å². The number of ether oxygens (including phenoxy) is 3. The van der Waals surface area contributed by atoms with Gasteiger partial charge in [-0.2, -0.15) is 0 Å². The quantitative estimate of drug-likeness (QED) is 0.0123. The van der Waals surface area contributed by atoms with Gasteiger partial charge in [-0.25, -0.2) is 61.0 Å². The van der Waals surface area contributed by atoms with E-state index >= 15 is 4.39 Å². The Hall–Kier alpha value is -10.3. The lowest BCUT2D eigenvalue weighted by Crippen LogP contribution is -2.34. The van der Waals surface area contributed by atoms with E-state index in [1.165, 1.54) is 66.7 Å². The second kappa shape index (κ2) is 47.5. The summed E-state index contributed by atoms with van der Waals surface area (Å²) in [5, 5.41) is 21.4. The molecule has 3 aliphatic heterocycles. The molecule has 3 saturated heterocycles. The van der Waals surface area contributed by atoms with Crippen LogP contribution in [0.25, 0.3) is 54.7 Å². The van der Waals surface area contributed by atoms with Crippen LogP contribution in [0, 0.1) is 34.9 Å². The van der Waals surface area contributed by atoms with Crippen LogP contribution in [0.1, 0.15) is 169 Å². The van der Waals surface area contributed by atoms with Crippen LogP contribution >= 0.6 is 42.7 Å². The number of halogens is 9. The van der Waals surface area contributed by atoms with E-state index in [-0.39, 0.29) is 122 Å². The van der Waals surface area contributed by atoms with Crippen molar-refractivity contribution in [3.8, 4) is 33.8 Å². The number of nitrogens with one attached hydrogen (secondary N) is 2. The van der Waals surface area contributed by atoms with Crippen molar-refractivity contribution >= 4 is 78.0 Å². The number of amides is 2. The van der Waals surface area contributed by atoms with Gasteiger partial charge in [0.25, 0.3) is 11.8 Å². The van der Waals surface area contributed by atoms with Gasteiger partial charge >= 0.3 is 5.97 Å². The van der Waals surface area contributed by atoms with Crippen LogP contribution in [0.2, 0.25) is 15.1 Å². The predicted octanol–water partition coefficient (Wildman–Crippen LogP) is 18.5. The number of benzene rings is 6. The molecule has 0 aliphatic carbocycles. The lowest BCUT2D eigenvalue weighted by atomic mass is 9.96. The molecule has 3 fully saturated rings. The first-order valence-electron chi connectivity index (χ1n) is 34.4. The Labute approximate surface area is 680 Å². The third kappa shape index (κ3) is 28.6. The number of carbonyl (C=O) groups excluding carboxylic acids is 2. The zero-order valence-corrected chi connectivity index (χ0v) is 63.4. The number of nitrogen functional groups attached to an aromatic ring is 3. The first kappa shape index (κ1) is 97.0. The van der Waals surface area contributed by atoms with Crippen LogP contribution in [-0.4, -0.2) is 132 Å². The first-order chi connectivity index (χ1) is 53.1. The number of aromatic carboxylic acids is 1. The molecule has 6 aromatic carbocycles. The van der Waals surface area contributed by atoms with E-state index in [4.69, 9.17) is 93.9 Å². The van der Waals surface area contributed by atoms with Crippen LogP contribution in [-0.2, 0) is 14.2 Å². The van der Waals surface area contributed by atoms with Gasteiger partial charge in [-0.05, 0) is 177 Å². The maximum atomic E-state index is 15.1. The van der Waals surface area contributed by atoms with E-state index in [9.17, 15) is 36.3 Å². The highest BCUT2D eigenvalue weighted by atomic mass is 35.5. The summed E-state index contributed by atoms with van der Waals surface area (Å²) in [6, 6.07) is 21.2. The van der Waals surface area contributed by atoms with Crippen LogP contribution in [0.3, 0.4) is 0 Å². The summed E-state index contributed by atoms with van der Waals surface area (Å²) in [7, 11) is 0.380. The van der Waals surface area contributed by atoms with Crippen LogP contribution in [0.15, 0.2) is 138 Å². The van der Waals surface area contributed by atoms with Gasteiger partial charge in [0.05, 0.1) is 71.0 Å². The summed E-state index contributed by atoms with van der Waals surface area (Å²) < 4.78 is 100. The van der Waals surface area contributed by atoms with E-state index in [0.29, 0.717) is 92.5 Å². The highest BCUT2D eigenvalue weighted by Gasteiger charge is 2.27. The maximum absolute atomic E-state index is 15.1. The molecule has 9 aromatic rings.